The fraction of sp³-hybridized carbons (Fsp3) is 0.257. The Morgan fingerprint density at radius 1 is 0.889 bits per heavy atom. The van der Waals surface area contributed by atoms with Gasteiger partial charge < -0.3 is 10.2 Å². The van der Waals surface area contributed by atoms with Crippen molar-refractivity contribution in [2.45, 2.75) is 57.1 Å². The van der Waals surface area contributed by atoms with Gasteiger partial charge in [-0.15, -0.1) is 0 Å². The van der Waals surface area contributed by atoms with E-state index in [0.29, 0.717) is 17.0 Å². The number of nitrogens with zero attached hydrogens (tertiary/aromatic N) is 2. The summed E-state index contributed by atoms with van der Waals surface area (Å²) in [5.74, 6) is -0.841. The van der Waals surface area contributed by atoms with Crippen LogP contribution in [0.5, 0.6) is 0 Å². The molecule has 10 heteroatoms. The first kappa shape index (κ1) is 34.2. The Labute approximate surface area is 279 Å². The molecule has 0 fully saturated rings. The summed E-state index contributed by atoms with van der Waals surface area (Å²) in [7, 11) is -4.21. The number of carbonyl (C=O) groups is 2. The number of hydrogen-bond donors (Lipinski definition) is 1. The number of hydrogen-bond acceptors (Lipinski definition) is 4. The smallest absolute Gasteiger partial charge is 0.264 e. The van der Waals surface area contributed by atoms with Crippen LogP contribution in [0.2, 0.25) is 5.02 Å². The third kappa shape index (κ3) is 8.96. The molecule has 2 atom stereocenters. The highest BCUT2D eigenvalue weighted by Crippen LogP contribution is 2.30. The minimum atomic E-state index is -4.21. The monoisotopic (exact) mass is 709 g/mol. The van der Waals surface area contributed by atoms with E-state index in [1.807, 2.05) is 68.4 Å². The van der Waals surface area contributed by atoms with Crippen LogP contribution in [0.4, 0.5) is 5.69 Å². The lowest BCUT2D eigenvalue weighted by atomic mass is 10.0. The largest absolute Gasteiger partial charge is 0.352 e. The molecule has 7 nitrogen and oxygen atoms in total. The molecule has 0 radical (unpaired) electrons. The van der Waals surface area contributed by atoms with Gasteiger partial charge >= 0.3 is 0 Å². The number of amides is 2. The zero-order valence-corrected chi connectivity index (χ0v) is 28.6. The van der Waals surface area contributed by atoms with Crippen LogP contribution in [-0.2, 0) is 32.6 Å². The first-order valence-corrected chi connectivity index (χ1v) is 17.3. The van der Waals surface area contributed by atoms with E-state index in [-0.39, 0.29) is 35.5 Å². The summed E-state index contributed by atoms with van der Waals surface area (Å²) in [5, 5.41) is 3.38. The van der Waals surface area contributed by atoms with Crippen LogP contribution >= 0.6 is 27.5 Å². The second-order valence-corrected chi connectivity index (χ2v) is 14.1. The molecule has 1 N–H and O–H groups in total. The Hall–Kier alpha value is -3.66. The molecular weight excluding hydrogens is 674 g/mol. The summed E-state index contributed by atoms with van der Waals surface area (Å²) in [5.41, 5.74) is 2.57. The molecule has 2 unspecified atom stereocenters. The Kier molecular flexibility index (Phi) is 11.8. The normalized spacial score (nSPS) is 12.6. The first-order chi connectivity index (χ1) is 21.5. The average Bonchev–Trinajstić information content (AvgIpc) is 3.04. The van der Waals surface area contributed by atoms with Crippen molar-refractivity contribution in [3.63, 3.8) is 0 Å². The third-order valence-electron chi connectivity index (χ3n) is 7.59. The number of anilines is 1. The number of aryl methyl sites for hydroxylation is 1. The van der Waals surface area contributed by atoms with E-state index in [9.17, 15) is 18.0 Å². The molecule has 0 aliphatic heterocycles. The molecule has 0 heterocycles. The maximum absolute atomic E-state index is 14.6. The highest BCUT2D eigenvalue weighted by atomic mass is 79.9. The summed E-state index contributed by atoms with van der Waals surface area (Å²) in [6.07, 6.45) is 0.953. The van der Waals surface area contributed by atoms with E-state index in [1.54, 1.807) is 43.3 Å². The molecule has 0 bridgehead atoms. The molecule has 0 aliphatic carbocycles. The molecule has 0 saturated carbocycles. The summed E-state index contributed by atoms with van der Waals surface area (Å²) < 4.78 is 30.3. The molecule has 4 rings (SSSR count). The molecule has 236 valence electrons. The molecular formula is C35H37BrClN3O4S. The van der Waals surface area contributed by atoms with Gasteiger partial charge in [0.2, 0.25) is 11.8 Å². The Morgan fingerprint density at radius 2 is 1.51 bits per heavy atom. The van der Waals surface area contributed by atoms with Gasteiger partial charge in [-0.05, 0) is 73.4 Å². The molecule has 0 aromatic heterocycles. The summed E-state index contributed by atoms with van der Waals surface area (Å²) in [4.78, 5) is 30.0. The van der Waals surface area contributed by atoms with Crippen LogP contribution in [0.3, 0.4) is 0 Å². The van der Waals surface area contributed by atoms with Crippen LogP contribution < -0.4 is 9.62 Å². The van der Waals surface area contributed by atoms with Gasteiger partial charge in [0, 0.05) is 28.5 Å². The molecule has 0 aliphatic rings. The average molecular weight is 711 g/mol. The number of carbonyl (C=O) groups excluding carboxylic acids is 2. The molecule has 0 saturated heterocycles. The predicted molar refractivity (Wildman–Crippen MR) is 184 cm³/mol. The van der Waals surface area contributed by atoms with E-state index in [4.69, 9.17) is 11.6 Å². The summed E-state index contributed by atoms with van der Waals surface area (Å²) >= 11 is 9.81. The predicted octanol–water partition coefficient (Wildman–Crippen LogP) is 7.16. The number of rotatable bonds is 13. The minimum absolute atomic E-state index is 0.0342. The third-order valence-corrected chi connectivity index (χ3v) is 10.1. The quantitative estimate of drug-likeness (QED) is 0.160. The van der Waals surface area contributed by atoms with Crippen LogP contribution in [-0.4, -0.2) is 43.8 Å². The fourth-order valence-corrected chi connectivity index (χ4v) is 6.79. The van der Waals surface area contributed by atoms with Crippen LogP contribution in [0, 0.1) is 6.92 Å². The fourth-order valence-electron chi connectivity index (χ4n) is 4.87. The van der Waals surface area contributed by atoms with Gasteiger partial charge in [-0.3, -0.25) is 13.9 Å². The molecule has 0 spiro atoms. The van der Waals surface area contributed by atoms with E-state index in [0.717, 1.165) is 19.9 Å². The second-order valence-electron chi connectivity index (χ2n) is 10.9. The van der Waals surface area contributed by atoms with Crippen LogP contribution in [0.1, 0.15) is 37.0 Å². The van der Waals surface area contributed by atoms with E-state index >= 15 is 0 Å². The molecule has 2 amide bonds. The number of benzene rings is 4. The van der Waals surface area contributed by atoms with Gasteiger partial charge in [-0.25, -0.2) is 8.42 Å². The SMILES string of the molecule is CCC(C)NC(=O)C(Cc1ccccc1)N(Cc1ccc(Br)cc1)C(=O)CN(c1cc(Cl)ccc1C)S(=O)(=O)c1ccccc1. The van der Waals surface area contributed by atoms with E-state index < -0.39 is 28.5 Å². The molecule has 45 heavy (non-hydrogen) atoms. The molecule has 4 aromatic carbocycles. The van der Waals surface area contributed by atoms with Gasteiger partial charge in [0.1, 0.15) is 12.6 Å². The number of nitrogens with one attached hydrogen (secondary N) is 1. The van der Waals surface area contributed by atoms with Crippen molar-refractivity contribution in [2.75, 3.05) is 10.8 Å². The minimum Gasteiger partial charge on any atom is -0.352 e. The zero-order chi connectivity index (χ0) is 32.6. The van der Waals surface area contributed by atoms with Crippen molar-refractivity contribution in [2.24, 2.45) is 0 Å². The van der Waals surface area contributed by atoms with Gasteiger partial charge in [0.15, 0.2) is 0 Å². The summed E-state index contributed by atoms with van der Waals surface area (Å²) in [6.45, 7) is 5.19. The number of halogens is 2. The van der Waals surface area contributed by atoms with Gasteiger partial charge in [-0.2, -0.15) is 0 Å². The zero-order valence-electron chi connectivity index (χ0n) is 25.5. The topological polar surface area (TPSA) is 86.8 Å². The van der Waals surface area contributed by atoms with Gasteiger partial charge in [0.05, 0.1) is 10.6 Å². The lowest BCUT2D eigenvalue weighted by Crippen LogP contribution is -2.54. The van der Waals surface area contributed by atoms with Crippen LogP contribution in [0.15, 0.2) is 112 Å². The van der Waals surface area contributed by atoms with Crippen molar-refractivity contribution in [1.82, 2.24) is 10.2 Å². The first-order valence-electron chi connectivity index (χ1n) is 14.7. The van der Waals surface area contributed by atoms with Gasteiger partial charge in [0.25, 0.3) is 10.0 Å². The Morgan fingerprint density at radius 3 is 2.13 bits per heavy atom. The highest BCUT2D eigenvalue weighted by Gasteiger charge is 2.35. The lowest BCUT2D eigenvalue weighted by molar-refractivity contribution is -0.140. The second kappa shape index (κ2) is 15.6. The maximum Gasteiger partial charge on any atom is 0.264 e. The highest BCUT2D eigenvalue weighted by molar-refractivity contribution is 9.10. The van der Waals surface area contributed by atoms with Crippen molar-refractivity contribution >= 4 is 55.1 Å². The standard InChI is InChI=1S/C35H37BrClN3O4S/c1-4-26(3)38-35(42)33(21-27-11-7-5-8-12-27)39(23-28-16-18-29(36)19-17-28)34(41)24-40(32-22-30(37)20-15-25(32)2)45(43,44)31-13-9-6-10-14-31/h5-20,22,26,33H,4,21,23-24H2,1-3H3,(H,38,42). The van der Waals surface area contributed by atoms with E-state index in [1.165, 1.54) is 17.0 Å². The van der Waals surface area contributed by atoms with E-state index in [2.05, 4.69) is 21.2 Å². The van der Waals surface area contributed by atoms with Crippen molar-refractivity contribution in [3.8, 4) is 0 Å². The van der Waals surface area contributed by atoms with Crippen molar-refractivity contribution < 1.29 is 18.0 Å². The maximum atomic E-state index is 14.6. The molecule has 4 aromatic rings. The van der Waals surface area contributed by atoms with Crippen LogP contribution in [0.25, 0.3) is 0 Å². The van der Waals surface area contributed by atoms with Gasteiger partial charge in [-0.1, -0.05) is 101 Å². The Balaban J connectivity index is 1.83. The summed E-state index contributed by atoms with van der Waals surface area (Å²) in [6, 6.07) is 28.8. The lowest BCUT2D eigenvalue weighted by Gasteiger charge is -2.34. The van der Waals surface area contributed by atoms with Crippen molar-refractivity contribution in [1.29, 1.82) is 0 Å². The Bertz CT molecular complexity index is 1700. The van der Waals surface area contributed by atoms with Crippen molar-refractivity contribution in [3.05, 3.63) is 129 Å². The number of sulfonamides is 1.